The third kappa shape index (κ3) is 5.98. The van der Waals surface area contributed by atoms with Crippen LogP contribution in [0.5, 0.6) is 17.4 Å². The van der Waals surface area contributed by atoms with Gasteiger partial charge in [-0.05, 0) is 78.7 Å². The molecular formula is C26H22N4O7S. The number of hydrogen-bond donors (Lipinski definition) is 1. The van der Waals surface area contributed by atoms with Crippen LogP contribution in [-0.4, -0.2) is 45.5 Å². The van der Waals surface area contributed by atoms with Gasteiger partial charge in [0.1, 0.15) is 6.54 Å². The first kappa shape index (κ1) is 26.4. The summed E-state index contributed by atoms with van der Waals surface area (Å²) in [5.41, 5.74) is 2.73. The lowest BCUT2D eigenvalue weighted by atomic mass is 10.1. The molecule has 3 aromatic rings. The van der Waals surface area contributed by atoms with E-state index in [4.69, 9.17) is 9.47 Å². The van der Waals surface area contributed by atoms with Crippen molar-refractivity contribution < 1.29 is 28.8 Å². The van der Waals surface area contributed by atoms with Crippen LogP contribution in [0.3, 0.4) is 0 Å². The van der Waals surface area contributed by atoms with Gasteiger partial charge in [-0.2, -0.15) is 0 Å². The van der Waals surface area contributed by atoms with Gasteiger partial charge in [0.15, 0.2) is 11.5 Å². The van der Waals surface area contributed by atoms with E-state index in [9.17, 15) is 24.5 Å². The van der Waals surface area contributed by atoms with Crippen molar-refractivity contribution in [2.75, 3.05) is 19.0 Å². The number of carbonyl (C=O) groups is 3. The number of methoxy groups -OCH3 is 1. The third-order valence-corrected chi connectivity index (χ3v) is 6.23. The molecule has 0 atom stereocenters. The van der Waals surface area contributed by atoms with Crippen LogP contribution in [0.4, 0.5) is 16.2 Å². The van der Waals surface area contributed by atoms with Crippen molar-refractivity contribution in [3.05, 3.63) is 86.4 Å². The summed E-state index contributed by atoms with van der Waals surface area (Å²) in [5, 5.41) is 13.4. The highest BCUT2D eigenvalue weighted by Crippen LogP contribution is 2.37. The number of hydrogen-bond acceptors (Lipinski definition) is 9. The Labute approximate surface area is 221 Å². The molecule has 0 bridgehead atoms. The smallest absolute Gasteiger partial charge is 0.331 e. The quantitative estimate of drug-likeness (QED) is 0.238. The maximum absolute atomic E-state index is 12.9. The average Bonchev–Trinajstić information content (AvgIpc) is 3.11. The Morgan fingerprint density at radius 1 is 1.13 bits per heavy atom. The zero-order valence-electron chi connectivity index (χ0n) is 20.6. The van der Waals surface area contributed by atoms with Gasteiger partial charge in [0.25, 0.3) is 17.0 Å². The molecular weight excluding hydrogens is 512 g/mol. The topological polar surface area (TPSA) is 141 Å². The molecule has 11 nitrogen and oxygen atoms in total. The summed E-state index contributed by atoms with van der Waals surface area (Å²) in [6.07, 6.45) is 2.85. The predicted octanol–water partition coefficient (Wildman–Crippen LogP) is 5.08. The first-order valence-electron chi connectivity index (χ1n) is 11.2. The minimum Gasteiger partial charge on any atom is -0.493 e. The number of ether oxygens (including phenoxy) is 2. The van der Waals surface area contributed by atoms with E-state index in [-0.39, 0.29) is 28.0 Å². The number of nitro groups is 1. The molecule has 12 heteroatoms. The molecule has 1 saturated heterocycles. The molecule has 1 N–H and O–H groups in total. The summed E-state index contributed by atoms with van der Waals surface area (Å²) >= 11 is 0.717. The number of anilines is 1. The highest BCUT2D eigenvalue weighted by atomic mass is 32.2. The Kier molecular flexibility index (Phi) is 7.72. The molecule has 0 unspecified atom stereocenters. The molecule has 0 radical (unpaired) electrons. The van der Waals surface area contributed by atoms with Crippen LogP contribution in [0.15, 0.2) is 59.6 Å². The summed E-state index contributed by atoms with van der Waals surface area (Å²) in [6.45, 7) is 3.38. The number of nitrogens with one attached hydrogen (secondary N) is 1. The third-order valence-electron chi connectivity index (χ3n) is 5.32. The van der Waals surface area contributed by atoms with Gasteiger partial charge in [-0.1, -0.05) is 12.1 Å². The van der Waals surface area contributed by atoms with Gasteiger partial charge in [-0.15, -0.1) is 0 Å². The van der Waals surface area contributed by atoms with Crippen molar-refractivity contribution in [3.63, 3.8) is 0 Å². The SMILES string of the molecule is COc1cc(/C=C2\SC(=O)N(CC(=O)Nc3cc(C)cc(C)c3)C2=O)ccc1Oc1ncccc1[N+](=O)[O-]. The fourth-order valence-electron chi connectivity index (χ4n) is 3.74. The van der Waals surface area contributed by atoms with Gasteiger partial charge in [0, 0.05) is 18.0 Å². The number of benzene rings is 2. The van der Waals surface area contributed by atoms with E-state index < -0.39 is 28.5 Å². The lowest BCUT2D eigenvalue weighted by Gasteiger charge is -2.13. The number of amides is 3. The fraction of sp³-hybridized carbons (Fsp3) is 0.154. The molecule has 38 heavy (non-hydrogen) atoms. The molecule has 2 aromatic carbocycles. The number of imide groups is 1. The zero-order chi connectivity index (χ0) is 27.4. The number of aryl methyl sites for hydroxylation is 2. The summed E-state index contributed by atoms with van der Waals surface area (Å²) in [5.74, 6) is -0.901. The molecule has 4 rings (SSSR count). The summed E-state index contributed by atoms with van der Waals surface area (Å²) in [7, 11) is 1.39. The number of aromatic nitrogens is 1. The van der Waals surface area contributed by atoms with E-state index in [0.29, 0.717) is 23.0 Å². The van der Waals surface area contributed by atoms with Gasteiger partial charge < -0.3 is 14.8 Å². The Hall–Kier alpha value is -4.71. The normalized spacial score (nSPS) is 14.1. The van der Waals surface area contributed by atoms with Crippen LogP contribution in [-0.2, 0) is 9.59 Å². The van der Waals surface area contributed by atoms with Crippen molar-refractivity contribution in [2.45, 2.75) is 13.8 Å². The number of rotatable bonds is 8. The monoisotopic (exact) mass is 534 g/mol. The first-order valence-corrected chi connectivity index (χ1v) is 12.0. The number of nitrogens with zero attached hydrogens (tertiary/aromatic N) is 3. The van der Waals surface area contributed by atoms with Gasteiger partial charge in [0.2, 0.25) is 5.91 Å². The van der Waals surface area contributed by atoms with Crippen LogP contribution in [0.25, 0.3) is 6.08 Å². The Morgan fingerprint density at radius 3 is 2.55 bits per heavy atom. The average molecular weight is 535 g/mol. The first-order chi connectivity index (χ1) is 18.1. The fourth-order valence-corrected chi connectivity index (χ4v) is 4.58. The molecule has 1 aromatic heterocycles. The Bertz CT molecular complexity index is 1470. The van der Waals surface area contributed by atoms with Crippen LogP contribution < -0.4 is 14.8 Å². The summed E-state index contributed by atoms with van der Waals surface area (Å²) < 4.78 is 10.9. The van der Waals surface area contributed by atoms with Gasteiger partial charge in [0.05, 0.1) is 16.9 Å². The van der Waals surface area contributed by atoms with E-state index in [1.54, 1.807) is 24.3 Å². The molecule has 194 valence electrons. The highest BCUT2D eigenvalue weighted by molar-refractivity contribution is 8.18. The molecule has 2 heterocycles. The summed E-state index contributed by atoms with van der Waals surface area (Å²) in [4.78, 5) is 53.4. The Balaban J connectivity index is 1.49. The van der Waals surface area contributed by atoms with Gasteiger partial charge in [-0.3, -0.25) is 29.4 Å². The largest absolute Gasteiger partial charge is 0.493 e. The maximum atomic E-state index is 12.9. The van der Waals surface area contributed by atoms with Crippen LogP contribution in [0.1, 0.15) is 16.7 Å². The summed E-state index contributed by atoms with van der Waals surface area (Å²) in [6, 6.07) is 12.9. The number of carbonyl (C=O) groups excluding carboxylic acids is 3. The molecule has 3 amide bonds. The number of pyridine rings is 1. The van der Waals surface area contributed by atoms with E-state index >= 15 is 0 Å². The number of thioether (sulfide) groups is 1. The minimum absolute atomic E-state index is 0.130. The van der Waals surface area contributed by atoms with Crippen molar-refractivity contribution >= 4 is 46.3 Å². The van der Waals surface area contributed by atoms with Crippen LogP contribution in [0.2, 0.25) is 0 Å². The molecule has 0 saturated carbocycles. The molecule has 1 aliphatic heterocycles. The van der Waals surface area contributed by atoms with Crippen molar-refractivity contribution in [1.82, 2.24) is 9.88 Å². The van der Waals surface area contributed by atoms with E-state index in [1.165, 1.54) is 37.6 Å². The highest BCUT2D eigenvalue weighted by Gasteiger charge is 2.36. The minimum atomic E-state index is -0.610. The van der Waals surface area contributed by atoms with Crippen molar-refractivity contribution in [3.8, 4) is 17.4 Å². The van der Waals surface area contributed by atoms with E-state index in [2.05, 4.69) is 10.3 Å². The second-order valence-corrected chi connectivity index (χ2v) is 9.28. The molecule has 1 fully saturated rings. The second kappa shape index (κ2) is 11.1. The second-order valence-electron chi connectivity index (χ2n) is 8.29. The van der Waals surface area contributed by atoms with Crippen molar-refractivity contribution in [1.29, 1.82) is 0 Å². The standard InChI is InChI=1S/C26H22N4O7S/c1-15-9-16(2)11-18(10-15)28-23(31)14-29-25(32)22(38-26(29)33)13-17-6-7-20(21(12-17)36-3)37-24-19(30(34)35)5-4-8-27-24/h4-13H,14H2,1-3H3,(H,28,31)/b22-13-. The zero-order valence-corrected chi connectivity index (χ0v) is 21.4. The van der Waals surface area contributed by atoms with Crippen LogP contribution >= 0.6 is 11.8 Å². The molecule has 1 aliphatic rings. The predicted molar refractivity (Wildman–Crippen MR) is 141 cm³/mol. The van der Waals surface area contributed by atoms with E-state index in [0.717, 1.165) is 16.0 Å². The lowest BCUT2D eigenvalue weighted by Crippen LogP contribution is -2.36. The molecule has 0 aliphatic carbocycles. The lowest BCUT2D eigenvalue weighted by molar-refractivity contribution is -0.386. The van der Waals surface area contributed by atoms with Crippen LogP contribution in [0, 0.1) is 24.0 Å². The Morgan fingerprint density at radius 2 is 1.87 bits per heavy atom. The van der Waals surface area contributed by atoms with Gasteiger partial charge >= 0.3 is 5.69 Å². The maximum Gasteiger partial charge on any atom is 0.331 e. The van der Waals surface area contributed by atoms with E-state index in [1.807, 2.05) is 19.9 Å². The van der Waals surface area contributed by atoms with Gasteiger partial charge in [-0.25, -0.2) is 4.98 Å². The molecule has 0 spiro atoms. The van der Waals surface area contributed by atoms with Crippen molar-refractivity contribution in [2.24, 2.45) is 0 Å².